The Balaban J connectivity index is 2.22. The van der Waals surface area contributed by atoms with Crippen LogP contribution in [0.15, 0.2) is 36.7 Å². The zero-order chi connectivity index (χ0) is 11.4. The molecule has 0 aliphatic carbocycles. The average molecular weight is 215 g/mol. The molecule has 16 heavy (non-hydrogen) atoms. The fourth-order valence-corrected chi connectivity index (χ4v) is 1.07. The van der Waals surface area contributed by atoms with Crippen LogP contribution >= 0.6 is 0 Å². The van der Waals surface area contributed by atoms with Crippen LogP contribution in [0, 0.1) is 17.1 Å². The molecule has 2 rings (SSSR count). The van der Waals surface area contributed by atoms with E-state index in [4.69, 9.17) is 10.00 Å². The minimum atomic E-state index is -0.478. The van der Waals surface area contributed by atoms with E-state index in [1.807, 2.05) is 6.07 Å². The summed E-state index contributed by atoms with van der Waals surface area (Å²) in [5.41, 5.74) is 0.181. The molecule has 1 aromatic carbocycles. The average Bonchev–Trinajstić information content (AvgIpc) is 2.33. The molecule has 5 heteroatoms. The van der Waals surface area contributed by atoms with E-state index < -0.39 is 5.82 Å². The van der Waals surface area contributed by atoms with Crippen molar-refractivity contribution in [1.29, 1.82) is 5.26 Å². The van der Waals surface area contributed by atoms with Crippen molar-refractivity contribution in [3.05, 3.63) is 48.2 Å². The summed E-state index contributed by atoms with van der Waals surface area (Å²) in [6.45, 7) is 0. The summed E-state index contributed by atoms with van der Waals surface area (Å²) in [6, 6.07) is 7.80. The molecule has 2 aromatic rings. The summed E-state index contributed by atoms with van der Waals surface area (Å²) in [7, 11) is 0. The lowest BCUT2D eigenvalue weighted by atomic mass is 10.3. The second-order valence-electron chi connectivity index (χ2n) is 2.88. The second kappa shape index (κ2) is 4.36. The molecule has 0 amide bonds. The van der Waals surface area contributed by atoms with E-state index in [0.717, 1.165) is 0 Å². The van der Waals surface area contributed by atoms with E-state index in [1.165, 1.54) is 24.5 Å². The number of nitrogens with zero attached hydrogens (tertiary/aromatic N) is 3. The van der Waals surface area contributed by atoms with Gasteiger partial charge in [0.15, 0.2) is 17.3 Å². The van der Waals surface area contributed by atoms with Gasteiger partial charge in [0.25, 0.3) is 0 Å². The first-order valence-corrected chi connectivity index (χ1v) is 4.44. The molecular weight excluding hydrogens is 209 g/mol. The normalized spacial score (nSPS) is 9.50. The molecule has 1 aromatic heterocycles. The summed E-state index contributed by atoms with van der Waals surface area (Å²) < 4.78 is 18.3. The fourth-order valence-electron chi connectivity index (χ4n) is 1.07. The zero-order valence-corrected chi connectivity index (χ0v) is 8.09. The Bertz CT molecular complexity index is 534. The number of hydrogen-bond acceptors (Lipinski definition) is 4. The molecule has 0 atom stereocenters. The predicted molar refractivity (Wildman–Crippen MR) is 53.2 cm³/mol. The largest absolute Gasteiger partial charge is 0.434 e. The quantitative estimate of drug-likeness (QED) is 0.771. The first-order valence-electron chi connectivity index (χ1n) is 4.44. The maximum atomic E-state index is 13.2. The van der Waals surface area contributed by atoms with Crippen LogP contribution in [0.25, 0.3) is 0 Å². The zero-order valence-electron chi connectivity index (χ0n) is 8.09. The summed E-state index contributed by atoms with van der Waals surface area (Å²) >= 11 is 0. The number of rotatable bonds is 2. The molecule has 0 bridgehead atoms. The topological polar surface area (TPSA) is 58.8 Å². The molecule has 4 nitrogen and oxygen atoms in total. The monoisotopic (exact) mass is 215 g/mol. The minimum Gasteiger partial charge on any atom is -0.434 e. The molecular formula is C11H6FN3O. The van der Waals surface area contributed by atoms with Crippen LogP contribution < -0.4 is 4.74 Å². The summed E-state index contributed by atoms with van der Waals surface area (Å²) in [4.78, 5) is 7.56. The minimum absolute atomic E-state index is 0.0708. The Labute approximate surface area is 91.0 Å². The molecule has 1 heterocycles. The van der Waals surface area contributed by atoms with Crippen LogP contribution in [0.5, 0.6) is 11.6 Å². The molecule has 0 spiro atoms. The maximum Gasteiger partial charge on any atom is 0.238 e. The van der Waals surface area contributed by atoms with Crippen LogP contribution in [-0.4, -0.2) is 9.97 Å². The van der Waals surface area contributed by atoms with Crippen LogP contribution in [0.1, 0.15) is 5.69 Å². The van der Waals surface area contributed by atoms with Crippen molar-refractivity contribution in [2.75, 3.05) is 0 Å². The molecule has 0 aliphatic rings. The van der Waals surface area contributed by atoms with Gasteiger partial charge in [0.2, 0.25) is 5.88 Å². The summed E-state index contributed by atoms with van der Waals surface area (Å²) in [6.07, 6.45) is 2.53. The number of ether oxygens (including phenoxy) is 1. The van der Waals surface area contributed by atoms with E-state index in [-0.39, 0.29) is 17.3 Å². The number of benzene rings is 1. The Kier molecular flexibility index (Phi) is 2.74. The van der Waals surface area contributed by atoms with Crippen molar-refractivity contribution in [2.45, 2.75) is 0 Å². The molecule has 78 valence electrons. The van der Waals surface area contributed by atoms with Crippen molar-refractivity contribution < 1.29 is 9.13 Å². The highest BCUT2D eigenvalue weighted by atomic mass is 19.1. The van der Waals surface area contributed by atoms with Crippen molar-refractivity contribution >= 4 is 0 Å². The van der Waals surface area contributed by atoms with Gasteiger partial charge in [0.05, 0.1) is 12.4 Å². The van der Waals surface area contributed by atoms with Gasteiger partial charge in [-0.3, -0.25) is 0 Å². The van der Waals surface area contributed by atoms with Gasteiger partial charge in [-0.1, -0.05) is 12.1 Å². The van der Waals surface area contributed by atoms with Crippen LogP contribution in [0.3, 0.4) is 0 Å². The second-order valence-corrected chi connectivity index (χ2v) is 2.88. The number of nitriles is 1. The van der Waals surface area contributed by atoms with Crippen molar-refractivity contribution in [1.82, 2.24) is 9.97 Å². The number of hydrogen-bond donors (Lipinski definition) is 0. The molecule has 0 N–H and O–H groups in total. The van der Waals surface area contributed by atoms with Gasteiger partial charge in [-0.05, 0) is 12.1 Å². The smallest absolute Gasteiger partial charge is 0.238 e. The molecule has 0 fully saturated rings. The fraction of sp³-hybridized carbons (Fsp3) is 0. The third-order valence-electron chi connectivity index (χ3n) is 1.79. The Morgan fingerprint density at radius 1 is 1.19 bits per heavy atom. The lowest BCUT2D eigenvalue weighted by Crippen LogP contribution is -1.92. The van der Waals surface area contributed by atoms with Crippen molar-refractivity contribution in [3.8, 4) is 17.7 Å². The molecule has 0 aliphatic heterocycles. The van der Waals surface area contributed by atoms with E-state index in [0.29, 0.717) is 0 Å². The van der Waals surface area contributed by atoms with E-state index in [2.05, 4.69) is 9.97 Å². The Hall–Kier alpha value is -2.48. The summed E-state index contributed by atoms with van der Waals surface area (Å²) in [5.74, 6) is -0.265. The van der Waals surface area contributed by atoms with Crippen molar-refractivity contribution in [2.24, 2.45) is 0 Å². The van der Waals surface area contributed by atoms with Gasteiger partial charge in [-0.2, -0.15) is 5.26 Å². The lowest BCUT2D eigenvalue weighted by molar-refractivity contribution is 0.425. The molecule has 0 radical (unpaired) electrons. The van der Waals surface area contributed by atoms with Crippen LogP contribution in [-0.2, 0) is 0 Å². The van der Waals surface area contributed by atoms with E-state index >= 15 is 0 Å². The van der Waals surface area contributed by atoms with Gasteiger partial charge in [-0.25, -0.2) is 14.4 Å². The molecule has 0 unspecified atom stereocenters. The molecule has 0 saturated heterocycles. The predicted octanol–water partition coefficient (Wildman–Crippen LogP) is 2.28. The lowest BCUT2D eigenvalue weighted by Gasteiger charge is -2.04. The van der Waals surface area contributed by atoms with Crippen LogP contribution in [0.4, 0.5) is 4.39 Å². The first-order chi connectivity index (χ1) is 7.79. The number of aromatic nitrogens is 2. The third kappa shape index (κ3) is 2.12. The molecule has 0 saturated carbocycles. The Morgan fingerprint density at radius 3 is 2.62 bits per heavy atom. The highest BCUT2D eigenvalue weighted by Gasteiger charge is 2.04. The number of halogens is 1. The highest BCUT2D eigenvalue weighted by Crippen LogP contribution is 2.21. The van der Waals surface area contributed by atoms with Crippen molar-refractivity contribution in [3.63, 3.8) is 0 Å². The highest BCUT2D eigenvalue weighted by molar-refractivity contribution is 5.28. The maximum absolute atomic E-state index is 13.2. The SMILES string of the molecule is N#Cc1cnc(Oc2ccccc2F)cn1. The van der Waals surface area contributed by atoms with Gasteiger partial charge in [-0.15, -0.1) is 0 Å². The van der Waals surface area contributed by atoms with Gasteiger partial charge >= 0.3 is 0 Å². The van der Waals surface area contributed by atoms with E-state index in [1.54, 1.807) is 12.1 Å². The standard InChI is InChI=1S/C11H6FN3O/c12-9-3-1-2-4-10(9)16-11-7-14-8(5-13)6-15-11/h1-4,6-7H. The first kappa shape index (κ1) is 10.1. The van der Waals surface area contributed by atoms with Crippen LogP contribution in [0.2, 0.25) is 0 Å². The Morgan fingerprint density at radius 2 is 2.00 bits per heavy atom. The van der Waals surface area contributed by atoms with E-state index in [9.17, 15) is 4.39 Å². The van der Waals surface area contributed by atoms with Gasteiger partial charge in [0, 0.05) is 0 Å². The van der Waals surface area contributed by atoms with Gasteiger partial charge < -0.3 is 4.74 Å². The third-order valence-corrected chi connectivity index (χ3v) is 1.79. The summed E-state index contributed by atoms with van der Waals surface area (Å²) in [5, 5.41) is 8.51. The number of para-hydroxylation sites is 1. The van der Waals surface area contributed by atoms with Gasteiger partial charge in [0.1, 0.15) is 6.07 Å².